The average molecular weight is 289 g/mol. The molecule has 2 heterocycles. The molecular formula is C16H23N3O2. The van der Waals surface area contributed by atoms with Crippen molar-refractivity contribution in [3.05, 3.63) is 35.3 Å². The van der Waals surface area contributed by atoms with E-state index in [0.717, 1.165) is 23.3 Å². The summed E-state index contributed by atoms with van der Waals surface area (Å²) in [5.74, 6) is -0.0878. The fourth-order valence-electron chi connectivity index (χ4n) is 2.27. The van der Waals surface area contributed by atoms with E-state index in [1.165, 1.54) is 0 Å². The van der Waals surface area contributed by atoms with Gasteiger partial charge in [-0.05, 0) is 45.7 Å². The first-order valence-electron chi connectivity index (χ1n) is 7.34. The van der Waals surface area contributed by atoms with Gasteiger partial charge in [0.05, 0.1) is 11.8 Å². The first-order chi connectivity index (χ1) is 10.0. The van der Waals surface area contributed by atoms with E-state index in [2.05, 4.69) is 10.3 Å². The molecule has 0 saturated carbocycles. The van der Waals surface area contributed by atoms with Crippen molar-refractivity contribution < 1.29 is 9.53 Å². The van der Waals surface area contributed by atoms with Gasteiger partial charge >= 0.3 is 0 Å². The first kappa shape index (κ1) is 15.5. The number of carbonyl (C=O) groups is 1. The summed E-state index contributed by atoms with van der Waals surface area (Å²) in [5, 5.41) is 2.93. The predicted molar refractivity (Wildman–Crippen MR) is 82.7 cm³/mol. The van der Waals surface area contributed by atoms with Crippen LogP contribution in [0.25, 0.3) is 5.65 Å². The van der Waals surface area contributed by atoms with E-state index in [4.69, 9.17) is 4.74 Å². The molecule has 1 amide bonds. The summed E-state index contributed by atoms with van der Waals surface area (Å²) in [4.78, 5) is 16.8. The molecule has 0 bridgehead atoms. The van der Waals surface area contributed by atoms with Gasteiger partial charge in [-0.1, -0.05) is 6.07 Å². The number of fused-ring (bicyclic) bond motifs is 1. The maximum Gasteiger partial charge on any atom is 0.270 e. The van der Waals surface area contributed by atoms with Crippen LogP contribution >= 0.6 is 0 Å². The second-order valence-corrected chi connectivity index (χ2v) is 5.46. The summed E-state index contributed by atoms with van der Waals surface area (Å²) < 4.78 is 7.31. The number of aryl methyl sites for hydroxylation is 2. The second kappa shape index (κ2) is 6.72. The molecule has 0 aliphatic heterocycles. The number of amides is 1. The Hall–Kier alpha value is -1.88. The monoisotopic (exact) mass is 289 g/mol. The van der Waals surface area contributed by atoms with Gasteiger partial charge in [0.2, 0.25) is 0 Å². The Morgan fingerprint density at radius 1 is 1.43 bits per heavy atom. The minimum atomic E-state index is -0.0878. The van der Waals surface area contributed by atoms with Crippen LogP contribution in [-0.2, 0) is 4.74 Å². The Bertz CT molecular complexity index is 632. The average Bonchev–Trinajstić information content (AvgIpc) is 2.75. The highest BCUT2D eigenvalue weighted by atomic mass is 16.5. The van der Waals surface area contributed by atoms with Gasteiger partial charge in [0.25, 0.3) is 5.91 Å². The molecule has 0 unspecified atom stereocenters. The van der Waals surface area contributed by atoms with Crippen molar-refractivity contribution in [2.24, 2.45) is 0 Å². The molecule has 2 rings (SSSR count). The van der Waals surface area contributed by atoms with Gasteiger partial charge in [-0.25, -0.2) is 4.98 Å². The van der Waals surface area contributed by atoms with Crippen molar-refractivity contribution in [1.29, 1.82) is 0 Å². The highest BCUT2D eigenvalue weighted by molar-refractivity contribution is 5.94. The Morgan fingerprint density at radius 3 is 2.90 bits per heavy atom. The van der Waals surface area contributed by atoms with E-state index in [9.17, 15) is 4.79 Å². The lowest BCUT2D eigenvalue weighted by molar-refractivity contribution is 0.0756. The molecule has 2 aromatic rings. The van der Waals surface area contributed by atoms with Crippen LogP contribution in [0.3, 0.4) is 0 Å². The molecule has 0 saturated heterocycles. The van der Waals surface area contributed by atoms with Crippen molar-refractivity contribution in [3.8, 4) is 0 Å². The molecule has 0 spiro atoms. The summed E-state index contributed by atoms with van der Waals surface area (Å²) in [6.45, 7) is 9.12. The molecule has 0 fully saturated rings. The van der Waals surface area contributed by atoms with Crippen LogP contribution in [0.1, 0.15) is 42.0 Å². The summed E-state index contributed by atoms with van der Waals surface area (Å²) in [6.07, 6.45) is 2.90. The van der Waals surface area contributed by atoms with Crippen molar-refractivity contribution in [2.75, 3.05) is 13.2 Å². The molecule has 5 nitrogen and oxygen atoms in total. The quantitative estimate of drug-likeness (QED) is 0.831. The van der Waals surface area contributed by atoms with Gasteiger partial charge in [-0.15, -0.1) is 0 Å². The fourth-order valence-corrected chi connectivity index (χ4v) is 2.27. The summed E-state index contributed by atoms with van der Waals surface area (Å²) in [7, 11) is 0. The van der Waals surface area contributed by atoms with Gasteiger partial charge in [-0.3, -0.25) is 9.20 Å². The fraction of sp³-hybridized carbons (Fsp3) is 0.500. The van der Waals surface area contributed by atoms with E-state index in [1.807, 2.05) is 50.4 Å². The molecule has 0 aliphatic carbocycles. The molecule has 5 heteroatoms. The number of nitrogens with one attached hydrogen (secondary N) is 1. The van der Waals surface area contributed by atoms with Crippen LogP contribution in [0.4, 0.5) is 0 Å². The SMILES string of the molecule is Cc1nc2c(C)cccn2c1C(=O)NCCCOC(C)C. The molecule has 1 N–H and O–H groups in total. The highest BCUT2D eigenvalue weighted by Gasteiger charge is 2.16. The zero-order chi connectivity index (χ0) is 15.4. The van der Waals surface area contributed by atoms with Gasteiger partial charge in [0.1, 0.15) is 11.3 Å². The van der Waals surface area contributed by atoms with Gasteiger partial charge in [0, 0.05) is 19.3 Å². The number of aromatic nitrogens is 2. The molecular weight excluding hydrogens is 266 g/mol. The lowest BCUT2D eigenvalue weighted by Crippen LogP contribution is -2.27. The summed E-state index contributed by atoms with van der Waals surface area (Å²) in [5.41, 5.74) is 3.26. The number of rotatable bonds is 6. The van der Waals surface area contributed by atoms with Crippen molar-refractivity contribution in [3.63, 3.8) is 0 Å². The predicted octanol–water partition coefficient (Wildman–Crippen LogP) is 2.50. The zero-order valence-corrected chi connectivity index (χ0v) is 13.1. The van der Waals surface area contributed by atoms with Crippen LogP contribution in [0, 0.1) is 13.8 Å². The number of hydrogen-bond acceptors (Lipinski definition) is 3. The normalized spacial score (nSPS) is 11.3. The van der Waals surface area contributed by atoms with E-state index in [0.29, 0.717) is 18.8 Å². The largest absolute Gasteiger partial charge is 0.379 e. The summed E-state index contributed by atoms with van der Waals surface area (Å²) in [6, 6.07) is 3.92. The molecule has 21 heavy (non-hydrogen) atoms. The number of nitrogens with zero attached hydrogens (tertiary/aromatic N) is 2. The van der Waals surface area contributed by atoms with Crippen molar-refractivity contribution >= 4 is 11.6 Å². The van der Waals surface area contributed by atoms with E-state index in [1.54, 1.807) is 0 Å². The number of imidazole rings is 1. The van der Waals surface area contributed by atoms with Gasteiger partial charge < -0.3 is 10.1 Å². The van der Waals surface area contributed by atoms with Crippen molar-refractivity contribution in [2.45, 2.75) is 40.2 Å². The molecule has 0 aliphatic rings. The number of carbonyl (C=O) groups excluding carboxylic acids is 1. The lowest BCUT2D eigenvalue weighted by Gasteiger charge is -2.08. The van der Waals surface area contributed by atoms with Crippen molar-refractivity contribution in [1.82, 2.24) is 14.7 Å². The van der Waals surface area contributed by atoms with Crippen LogP contribution in [0.2, 0.25) is 0 Å². The summed E-state index contributed by atoms with van der Waals surface area (Å²) >= 11 is 0. The van der Waals surface area contributed by atoms with Crippen LogP contribution < -0.4 is 5.32 Å². The number of ether oxygens (including phenoxy) is 1. The standard InChI is InChI=1S/C16H23N3O2/c1-11(2)21-10-6-8-17-16(20)14-13(4)18-15-12(3)7-5-9-19(14)15/h5,7,9,11H,6,8,10H2,1-4H3,(H,17,20). The van der Waals surface area contributed by atoms with Crippen LogP contribution in [0.15, 0.2) is 18.3 Å². The third-order valence-corrected chi connectivity index (χ3v) is 3.29. The third-order valence-electron chi connectivity index (χ3n) is 3.29. The maximum absolute atomic E-state index is 12.3. The molecule has 0 aromatic carbocycles. The maximum atomic E-state index is 12.3. The first-order valence-corrected chi connectivity index (χ1v) is 7.34. The Kier molecular flexibility index (Phi) is 4.96. The Morgan fingerprint density at radius 2 is 2.19 bits per heavy atom. The Labute approximate surface area is 125 Å². The molecule has 0 radical (unpaired) electrons. The number of pyridine rings is 1. The topological polar surface area (TPSA) is 55.6 Å². The second-order valence-electron chi connectivity index (χ2n) is 5.46. The van der Waals surface area contributed by atoms with Gasteiger partial charge in [-0.2, -0.15) is 0 Å². The molecule has 2 aromatic heterocycles. The zero-order valence-electron chi connectivity index (χ0n) is 13.1. The van der Waals surface area contributed by atoms with E-state index >= 15 is 0 Å². The smallest absolute Gasteiger partial charge is 0.270 e. The Balaban J connectivity index is 2.03. The highest BCUT2D eigenvalue weighted by Crippen LogP contribution is 2.15. The van der Waals surface area contributed by atoms with Gasteiger partial charge in [0.15, 0.2) is 0 Å². The van der Waals surface area contributed by atoms with E-state index in [-0.39, 0.29) is 12.0 Å². The van der Waals surface area contributed by atoms with E-state index < -0.39 is 0 Å². The lowest BCUT2D eigenvalue weighted by atomic mass is 10.3. The minimum absolute atomic E-state index is 0.0878. The van der Waals surface area contributed by atoms with Crippen LogP contribution in [-0.4, -0.2) is 34.5 Å². The minimum Gasteiger partial charge on any atom is -0.379 e. The molecule has 114 valence electrons. The third kappa shape index (κ3) is 3.61. The molecule has 0 atom stereocenters. The van der Waals surface area contributed by atoms with Crippen LogP contribution in [0.5, 0.6) is 0 Å². The number of hydrogen-bond donors (Lipinski definition) is 1.